The molecule has 24 heavy (non-hydrogen) atoms. The number of piperidine rings is 1. The van der Waals surface area contributed by atoms with Crippen LogP contribution >= 0.6 is 0 Å². The Bertz CT molecular complexity index is 901. The van der Waals surface area contributed by atoms with Crippen molar-refractivity contribution in [1.82, 2.24) is 8.87 Å². The van der Waals surface area contributed by atoms with Crippen LogP contribution in [0.2, 0.25) is 0 Å². The molecule has 2 aromatic rings. The first kappa shape index (κ1) is 17.0. The minimum atomic E-state index is -3.76. The van der Waals surface area contributed by atoms with E-state index in [1.807, 2.05) is 36.7 Å². The van der Waals surface area contributed by atoms with Crippen molar-refractivity contribution in [1.29, 1.82) is 0 Å². The number of carbonyl (C=O) groups is 1. The van der Waals surface area contributed by atoms with E-state index in [0.717, 1.165) is 5.52 Å². The molecule has 1 aliphatic rings. The Morgan fingerprint density at radius 2 is 1.92 bits per heavy atom. The molecule has 1 aromatic heterocycles. The summed E-state index contributed by atoms with van der Waals surface area (Å²) in [5, 5.41) is 9.97. The van der Waals surface area contributed by atoms with Crippen LogP contribution < -0.4 is 0 Å². The molecule has 1 aliphatic heterocycles. The monoisotopic (exact) mass is 350 g/mol. The number of carboxylic acid groups (broad SMARTS) is 1. The Kier molecular flexibility index (Phi) is 4.17. The maximum Gasteiger partial charge on any atom is 0.307 e. The number of carboxylic acids is 1. The van der Waals surface area contributed by atoms with Gasteiger partial charge in [0, 0.05) is 36.2 Å². The highest BCUT2D eigenvalue weighted by molar-refractivity contribution is 7.89. The highest BCUT2D eigenvalue weighted by Crippen LogP contribution is 2.34. The zero-order chi connectivity index (χ0) is 17.6. The average Bonchev–Trinajstić information content (AvgIpc) is 2.79. The Morgan fingerprint density at radius 3 is 2.58 bits per heavy atom. The average molecular weight is 350 g/mol. The molecule has 0 saturated carbocycles. The maximum absolute atomic E-state index is 13.3. The van der Waals surface area contributed by atoms with Gasteiger partial charge in [-0.1, -0.05) is 18.2 Å². The molecular formula is C17H22N2O4S. The van der Waals surface area contributed by atoms with E-state index in [0.29, 0.717) is 28.8 Å². The Morgan fingerprint density at radius 1 is 1.25 bits per heavy atom. The number of hydrogen-bond acceptors (Lipinski definition) is 3. The second kappa shape index (κ2) is 5.89. The summed E-state index contributed by atoms with van der Waals surface area (Å²) >= 11 is 0. The first-order chi connectivity index (χ1) is 11.2. The molecule has 1 aromatic carbocycles. The van der Waals surface area contributed by atoms with Crippen LogP contribution in [0.25, 0.3) is 10.9 Å². The first-order valence-corrected chi connectivity index (χ1v) is 9.47. The summed E-state index contributed by atoms with van der Waals surface area (Å²) in [5.41, 5.74) is 1.52. The van der Waals surface area contributed by atoms with Gasteiger partial charge in [0.1, 0.15) is 4.90 Å². The number of rotatable bonds is 3. The number of sulfonamides is 1. The molecule has 0 aliphatic carbocycles. The van der Waals surface area contributed by atoms with Gasteiger partial charge in [-0.25, -0.2) is 8.42 Å². The fourth-order valence-corrected chi connectivity index (χ4v) is 5.69. The largest absolute Gasteiger partial charge is 0.481 e. The predicted molar refractivity (Wildman–Crippen MR) is 91.4 cm³/mol. The number of fused-ring (bicyclic) bond motifs is 1. The number of benzene rings is 1. The van der Waals surface area contributed by atoms with Crippen molar-refractivity contribution >= 4 is 26.9 Å². The van der Waals surface area contributed by atoms with Crippen LogP contribution in [0, 0.1) is 12.8 Å². The summed E-state index contributed by atoms with van der Waals surface area (Å²) < 4.78 is 29.9. The molecule has 1 saturated heterocycles. The van der Waals surface area contributed by atoms with E-state index in [1.165, 1.54) is 4.31 Å². The van der Waals surface area contributed by atoms with Gasteiger partial charge in [0.15, 0.2) is 0 Å². The van der Waals surface area contributed by atoms with Gasteiger partial charge in [0.05, 0.1) is 5.92 Å². The summed E-state index contributed by atoms with van der Waals surface area (Å²) in [6.07, 6.45) is 1.07. The Balaban J connectivity index is 2.14. The molecule has 130 valence electrons. The van der Waals surface area contributed by atoms with Gasteiger partial charge in [-0.2, -0.15) is 4.31 Å². The van der Waals surface area contributed by atoms with Gasteiger partial charge in [-0.15, -0.1) is 0 Å². The lowest BCUT2D eigenvalue weighted by atomic mass is 9.96. The van der Waals surface area contributed by atoms with E-state index in [2.05, 4.69) is 0 Å². The number of aliphatic carboxylic acids is 1. The highest BCUT2D eigenvalue weighted by atomic mass is 32.2. The van der Waals surface area contributed by atoms with Crippen molar-refractivity contribution in [2.75, 3.05) is 6.54 Å². The molecule has 0 bridgehead atoms. The van der Waals surface area contributed by atoms with Gasteiger partial charge in [-0.05, 0) is 32.8 Å². The topological polar surface area (TPSA) is 79.6 Å². The number of para-hydroxylation sites is 1. The van der Waals surface area contributed by atoms with Crippen LogP contribution in [-0.2, 0) is 21.9 Å². The van der Waals surface area contributed by atoms with Crippen LogP contribution in [0.4, 0.5) is 0 Å². The van der Waals surface area contributed by atoms with Crippen LogP contribution in [0.5, 0.6) is 0 Å². The van der Waals surface area contributed by atoms with E-state index < -0.39 is 21.9 Å². The molecular weight excluding hydrogens is 328 g/mol. The molecule has 0 amide bonds. The van der Waals surface area contributed by atoms with E-state index in [1.54, 1.807) is 13.0 Å². The fraction of sp³-hybridized carbons (Fsp3) is 0.471. The Labute approximate surface area is 141 Å². The van der Waals surface area contributed by atoms with Crippen molar-refractivity contribution in [2.45, 2.75) is 37.6 Å². The van der Waals surface area contributed by atoms with Crippen LogP contribution in [0.15, 0.2) is 29.2 Å². The molecule has 2 unspecified atom stereocenters. The molecule has 6 nitrogen and oxygen atoms in total. The van der Waals surface area contributed by atoms with Crippen molar-refractivity contribution in [2.24, 2.45) is 13.0 Å². The fourth-order valence-electron chi connectivity index (χ4n) is 3.54. The highest BCUT2D eigenvalue weighted by Gasteiger charge is 2.39. The third-order valence-corrected chi connectivity index (χ3v) is 7.24. The van der Waals surface area contributed by atoms with Crippen LogP contribution in [-0.4, -0.2) is 41.0 Å². The smallest absolute Gasteiger partial charge is 0.307 e. The molecule has 1 N–H and O–H groups in total. The number of hydrogen-bond donors (Lipinski definition) is 1. The van der Waals surface area contributed by atoms with Crippen LogP contribution in [0.1, 0.15) is 25.5 Å². The molecule has 3 rings (SSSR count). The van der Waals surface area contributed by atoms with E-state index in [-0.39, 0.29) is 12.6 Å². The minimum absolute atomic E-state index is 0.0293. The van der Waals surface area contributed by atoms with E-state index >= 15 is 0 Å². The van der Waals surface area contributed by atoms with E-state index in [9.17, 15) is 18.3 Å². The third kappa shape index (κ3) is 2.52. The molecule has 0 spiro atoms. The van der Waals surface area contributed by atoms with E-state index in [4.69, 9.17) is 0 Å². The minimum Gasteiger partial charge on any atom is -0.481 e. The molecule has 0 radical (unpaired) electrons. The summed E-state index contributed by atoms with van der Waals surface area (Å²) in [5.74, 6) is -1.58. The normalized spacial score (nSPS) is 22.8. The zero-order valence-electron chi connectivity index (χ0n) is 14.1. The lowest BCUT2D eigenvalue weighted by molar-refractivity contribution is -0.143. The lowest BCUT2D eigenvalue weighted by Gasteiger charge is -2.35. The van der Waals surface area contributed by atoms with Gasteiger partial charge in [0.2, 0.25) is 10.0 Å². The van der Waals surface area contributed by atoms with Crippen molar-refractivity contribution in [3.8, 4) is 0 Å². The lowest BCUT2D eigenvalue weighted by Crippen LogP contribution is -2.47. The summed E-state index contributed by atoms with van der Waals surface area (Å²) in [7, 11) is -1.92. The first-order valence-electron chi connectivity index (χ1n) is 8.03. The van der Waals surface area contributed by atoms with Crippen molar-refractivity contribution in [3.05, 3.63) is 30.0 Å². The van der Waals surface area contributed by atoms with Gasteiger partial charge in [-0.3, -0.25) is 4.79 Å². The van der Waals surface area contributed by atoms with Crippen molar-refractivity contribution in [3.63, 3.8) is 0 Å². The van der Waals surface area contributed by atoms with Gasteiger partial charge >= 0.3 is 5.97 Å². The van der Waals surface area contributed by atoms with Crippen LogP contribution in [0.3, 0.4) is 0 Å². The molecule has 2 heterocycles. The molecule has 1 fully saturated rings. The summed E-state index contributed by atoms with van der Waals surface area (Å²) in [4.78, 5) is 11.6. The van der Waals surface area contributed by atoms with Gasteiger partial charge in [0.25, 0.3) is 0 Å². The SMILES string of the molecule is Cc1c(S(=O)(=O)N2CC(C(=O)O)CCC2C)c2ccccc2n1C. The zero-order valence-corrected chi connectivity index (χ0v) is 14.9. The third-order valence-electron chi connectivity index (χ3n) is 5.08. The van der Waals surface area contributed by atoms with Gasteiger partial charge < -0.3 is 9.67 Å². The maximum atomic E-state index is 13.3. The quantitative estimate of drug-likeness (QED) is 0.921. The second-order valence-corrected chi connectivity index (χ2v) is 8.35. The Hall–Kier alpha value is -1.86. The molecule has 7 heteroatoms. The van der Waals surface area contributed by atoms with Crippen molar-refractivity contribution < 1.29 is 18.3 Å². The number of aromatic nitrogens is 1. The predicted octanol–water partition coefficient (Wildman–Crippen LogP) is 2.36. The number of aryl methyl sites for hydroxylation is 1. The summed E-state index contributed by atoms with van der Waals surface area (Å²) in [6.45, 7) is 3.66. The molecule has 2 atom stereocenters. The standard InChI is InChI=1S/C17H22N2O4S/c1-11-8-9-13(17(20)21)10-19(11)24(22,23)16-12(2)18(3)15-7-5-4-6-14(15)16/h4-7,11,13H,8-10H2,1-3H3,(H,20,21). The number of nitrogens with zero attached hydrogens (tertiary/aromatic N) is 2. The summed E-state index contributed by atoms with van der Waals surface area (Å²) in [6, 6.07) is 7.19. The second-order valence-electron chi connectivity index (χ2n) is 6.53.